The summed E-state index contributed by atoms with van der Waals surface area (Å²) in [5.41, 5.74) is 3.07. The van der Waals surface area contributed by atoms with Gasteiger partial charge in [0.25, 0.3) is 0 Å². The molecular weight excluding hydrogens is 532 g/mol. The van der Waals surface area contributed by atoms with E-state index in [1.54, 1.807) is 0 Å². The number of aliphatic hydroxyl groups is 3. The number of epoxide rings is 1. The third-order valence-corrected chi connectivity index (χ3v) is 10.0. The van der Waals surface area contributed by atoms with Crippen molar-refractivity contribution < 1.29 is 20.1 Å². The Balaban J connectivity index is 1.50. The van der Waals surface area contributed by atoms with Gasteiger partial charge in [0.15, 0.2) is 0 Å². The summed E-state index contributed by atoms with van der Waals surface area (Å²) in [5, 5.41) is 31.4. The Labute approximate surface area is 262 Å². The van der Waals surface area contributed by atoms with Crippen molar-refractivity contribution in [3.63, 3.8) is 0 Å². The van der Waals surface area contributed by atoms with Crippen LogP contribution in [-0.4, -0.2) is 44.3 Å². The largest absolute Gasteiger partial charge is 0.393 e. The van der Waals surface area contributed by atoms with Crippen molar-refractivity contribution in [2.45, 2.75) is 130 Å². The summed E-state index contributed by atoms with van der Waals surface area (Å²) in [6, 6.07) is 0. The highest BCUT2D eigenvalue weighted by Crippen LogP contribution is 2.66. The minimum atomic E-state index is -0.861. The van der Waals surface area contributed by atoms with Crippen molar-refractivity contribution in [3.05, 3.63) is 95.2 Å². The van der Waals surface area contributed by atoms with E-state index < -0.39 is 11.7 Å². The summed E-state index contributed by atoms with van der Waals surface area (Å²) < 4.78 is 6.24. The van der Waals surface area contributed by atoms with Gasteiger partial charge in [0.2, 0.25) is 0 Å². The summed E-state index contributed by atoms with van der Waals surface area (Å²) in [6.45, 7) is 21.1. The zero-order valence-corrected chi connectivity index (χ0v) is 28.4. The van der Waals surface area contributed by atoms with E-state index in [1.165, 1.54) is 5.57 Å². The molecular formula is C39H58O4. The molecule has 3 rings (SSSR count). The molecule has 4 nitrogen and oxygen atoms in total. The molecule has 1 saturated heterocycles. The molecule has 43 heavy (non-hydrogen) atoms. The third-order valence-electron chi connectivity index (χ3n) is 10.0. The molecule has 3 aliphatic rings. The molecule has 0 spiro atoms. The minimum Gasteiger partial charge on any atom is -0.393 e. The van der Waals surface area contributed by atoms with E-state index in [9.17, 15) is 15.3 Å². The first-order chi connectivity index (χ1) is 19.8. The number of ether oxygens (including phenoxy) is 1. The van der Waals surface area contributed by atoms with Gasteiger partial charge < -0.3 is 20.1 Å². The van der Waals surface area contributed by atoms with Crippen LogP contribution in [0.1, 0.15) is 101 Å². The molecule has 1 aliphatic heterocycles. The Morgan fingerprint density at radius 3 is 1.74 bits per heavy atom. The lowest BCUT2D eigenvalue weighted by Crippen LogP contribution is -2.51. The van der Waals surface area contributed by atoms with Crippen molar-refractivity contribution in [2.24, 2.45) is 16.7 Å². The second-order valence-electron chi connectivity index (χ2n) is 15.4. The molecule has 1 heterocycles. The molecule has 2 aliphatic carbocycles. The fourth-order valence-corrected chi connectivity index (χ4v) is 7.79. The smallest absolute Gasteiger partial charge is 0.121 e. The van der Waals surface area contributed by atoms with Crippen molar-refractivity contribution in [2.75, 3.05) is 0 Å². The summed E-state index contributed by atoms with van der Waals surface area (Å²) >= 11 is 0. The van der Waals surface area contributed by atoms with Crippen molar-refractivity contribution in [1.82, 2.24) is 0 Å². The molecule has 3 fully saturated rings. The first-order valence-corrected chi connectivity index (χ1v) is 16.0. The van der Waals surface area contributed by atoms with Gasteiger partial charge in [0, 0.05) is 18.3 Å². The maximum Gasteiger partial charge on any atom is 0.121 e. The molecule has 0 bridgehead atoms. The van der Waals surface area contributed by atoms with Crippen LogP contribution in [0.4, 0.5) is 0 Å². The van der Waals surface area contributed by atoms with Gasteiger partial charge in [-0.25, -0.2) is 0 Å². The highest BCUT2D eigenvalue weighted by atomic mass is 16.6. The van der Waals surface area contributed by atoms with Crippen LogP contribution in [-0.2, 0) is 4.74 Å². The second kappa shape index (κ2) is 13.4. The number of fused-ring (bicyclic) bond motifs is 1. The monoisotopic (exact) mass is 590 g/mol. The maximum absolute atomic E-state index is 11.0. The fraction of sp³-hybridized carbons (Fsp3) is 0.590. The molecule has 3 N–H and O–H groups in total. The third kappa shape index (κ3) is 8.69. The van der Waals surface area contributed by atoms with Gasteiger partial charge >= 0.3 is 0 Å². The van der Waals surface area contributed by atoms with Crippen LogP contribution in [0.2, 0.25) is 0 Å². The maximum atomic E-state index is 11.0. The van der Waals surface area contributed by atoms with Gasteiger partial charge in [-0.2, -0.15) is 0 Å². The Kier molecular flexibility index (Phi) is 11.0. The summed E-state index contributed by atoms with van der Waals surface area (Å²) in [4.78, 5) is 0. The van der Waals surface area contributed by atoms with Crippen LogP contribution >= 0.6 is 0 Å². The van der Waals surface area contributed by atoms with E-state index in [2.05, 4.69) is 135 Å². The lowest BCUT2D eigenvalue weighted by Gasteiger charge is -2.50. The molecule has 6 atom stereocenters. The Morgan fingerprint density at radius 2 is 1.19 bits per heavy atom. The minimum absolute atomic E-state index is 0.100. The predicted octanol–water partition coefficient (Wildman–Crippen LogP) is 8.64. The fourth-order valence-electron chi connectivity index (χ4n) is 7.79. The molecule has 4 heteroatoms. The number of allylic oxidation sites excluding steroid dienone is 15. The SMILES string of the molecule is CC(C=CC=C(C)C=CC12OC1(C)CC(O)CC2(C)C)=CC=CC=C(C)C=CC=C(C)CC1C(C)(C)CC(O)CC1(C)O. The Hall–Kier alpha value is -2.24. The van der Waals surface area contributed by atoms with E-state index in [1.807, 2.05) is 6.92 Å². The first kappa shape index (κ1) is 35.2. The highest BCUT2D eigenvalue weighted by Gasteiger charge is 2.74. The van der Waals surface area contributed by atoms with Crippen molar-refractivity contribution in [1.29, 1.82) is 0 Å². The van der Waals surface area contributed by atoms with Gasteiger partial charge in [-0.3, -0.25) is 0 Å². The van der Waals surface area contributed by atoms with Gasteiger partial charge in [-0.15, -0.1) is 0 Å². The van der Waals surface area contributed by atoms with Crippen LogP contribution < -0.4 is 0 Å². The predicted molar refractivity (Wildman–Crippen MR) is 181 cm³/mol. The summed E-state index contributed by atoms with van der Waals surface area (Å²) in [7, 11) is 0. The second-order valence-corrected chi connectivity index (χ2v) is 15.4. The average molecular weight is 591 g/mol. The van der Waals surface area contributed by atoms with E-state index in [-0.39, 0.29) is 34.1 Å². The first-order valence-electron chi connectivity index (χ1n) is 16.0. The molecule has 238 valence electrons. The van der Waals surface area contributed by atoms with Gasteiger partial charge in [-0.05, 0) is 78.2 Å². The topological polar surface area (TPSA) is 73.2 Å². The van der Waals surface area contributed by atoms with Crippen LogP contribution in [0, 0.1) is 16.7 Å². The van der Waals surface area contributed by atoms with E-state index in [0.29, 0.717) is 12.8 Å². The normalized spacial score (nSPS) is 37.2. The van der Waals surface area contributed by atoms with Gasteiger partial charge in [0.05, 0.1) is 17.8 Å². The lowest BCUT2D eigenvalue weighted by atomic mass is 9.59. The number of rotatable bonds is 10. The highest BCUT2D eigenvalue weighted by molar-refractivity contribution is 5.36. The molecule has 6 unspecified atom stereocenters. The summed E-state index contributed by atoms with van der Waals surface area (Å²) in [5.74, 6) is 0.112. The molecule has 0 radical (unpaired) electrons. The molecule has 0 aromatic rings. The zero-order valence-electron chi connectivity index (χ0n) is 28.4. The zero-order chi connectivity index (χ0) is 32.3. The van der Waals surface area contributed by atoms with E-state index in [4.69, 9.17) is 4.74 Å². The van der Waals surface area contributed by atoms with Crippen molar-refractivity contribution >= 4 is 0 Å². The molecule has 0 amide bonds. The van der Waals surface area contributed by atoms with Gasteiger partial charge in [0.1, 0.15) is 11.2 Å². The Morgan fingerprint density at radius 1 is 0.674 bits per heavy atom. The molecule has 2 saturated carbocycles. The summed E-state index contributed by atoms with van der Waals surface area (Å²) in [6.07, 6.45) is 28.0. The standard InChI is InChI=1S/C39H58O4/c1-28(17-13-19-30(3)21-22-39-36(7,8)25-33(41)27-38(39,10)43-39)15-11-12-16-29(2)18-14-20-31(4)23-34-35(5,6)24-32(40)26-37(34,9)42/h11-22,32-34,40-42H,23-27H2,1-10H3. The van der Waals surface area contributed by atoms with Crippen LogP contribution in [0.15, 0.2) is 95.2 Å². The van der Waals surface area contributed by atoms with Gasteiger partial charge in [-0.1, -0.05) is 117 Å². The van der Waals surface area contributed by atoms with Crippen molar-refractivity contribution in [3.8, 4) is 0 Å². The molecule has 0 aromatic carbocycles. The number of aliphatic hydroxyl groups excluding tert-OH is 2. The van der Waals surface area contributed by atoms with Crippen LogP contribution in [0.3, 0.4) is 0 Å². The van der Waals surface area contributed by atoms with Crippen LogP contribution in [0.25, 0.3) is 0 Å². The Bertz CT molecular complexity index is 1230. The molecule has 0 aromatic heterocycles. The lowest BCUT2D eigenvalue weighted by molar-refractivity contribution is -0.129. The average Bonchev–Trinajstić information content (AvgIpc) is 3.47. The quantitative estimate of drug-likeness (QED) is 0.176. The van der Waals surface area contributed by atoms with E-state index >= 15 is 0 Å². The number of hydrogen-bond donors (Lipinski definition) is 3. The van der Waals surface area contributed by atoms with Crippen LogP contribution in [0.5, 0.6) is 0 Å². The number of hydrogen-bond acceptors (Lipinski definition) is 4. The van der Waals surface area contributed by atoms with E-state index in [0.717, 1.165) is 36.0 Å².